The third-order valence-corrected chi connectivity index (χ3v) is 3.51. The quantitative estimate of drug-likeness (QED) is 0.831. The largest absolute Gasteiger partial charge is 0.478 e. The summed E-state index contributed by atoms with van der Waals surface area (Å²) in [5.41, 5.74) is 1.44. The molecule has 20 heavy (non-hydrogen) atoms. The van der Waals surface area contributed by atoms with E-state index in [2.05, 4.69) is 5.32 Å². The molecule has 0 radical (unpaired) electrons. The lowest BCUT2D eigenvalue weighted by Crippen LogP contribution is -2.22. The summed E-state index contributed by atoms with van der Waals surface area (Å²) < 4.78 is 0. The Balaban J connectivity index is 1.92. The molecular weight excluding hydrogens is 274 g/mol. The van der Waals surface area contributed by atoms with Crippen LogP contribution < -0.4 is 5.32 Å². The highest BCUT2D eigenvalue weighted by atomic mass is 32.1. The van der Waals surface area contributed by atoms with E-state index in [1.54, 1.807) is 12.1 Å². The zero-order chi connectivity index (χ0) is 14.4. The Hall–Kier alpha value is -2.40. The van der Waals surface area contributed by atoms with Crippen molar-refractivity contribution in [1.82, 2.24) is 5.32 Å². The van der Waals surface area contributed by atoms with Crippen LogP contribution in [0.15, 0.2) is 47.9 Å². The van der Waals surface area contributed by atoms with Crippen LogP contribution in [0.2, 0.25) is 0 Å². The van der Waals surface area contributed by atoms with E-state index in [1.165, 1.54) is 17.4 Å². The van der Waals surface area contributed by atoms with Crippen LogP contribution in [-0.2, 0) is 11.3 Å². The molecule has 0 aliphatic rings. The number of carboxylic acid groups (broad SMARTS) is 1. The minimum atomic E-state index is -0.977. The number of hydrogen-bond acceptors (Lipinski definition) is 3. The van der Waals surface area contributed by atoms with Gasteiger partial charge in [-0.15, -0.1) is 11.3 Å². The van der Waals surface area contributed by atoms with Crippen molar-refractivity contribution < 1.29 is 14.7 Å². The molecule has 2 N–H and O–H groups in total. The fourth-order valence-electron chi connectivity index (χ4n) is 1.60. The number of carboxylic acids is 1. The first kappa shape index (κ1) is 14.0. The van der Waals surface area contributed by atoms with Gasteiger partial charge in [-0.25, -0.2) is 4.79 Å². The Morgan fingerprint density at radius 1 is 1.25 bits per heavy atom. The highest BCUT2D eigenvalue weighted by Crippen LogP contribution is 2.16. The van der Waals surface area contributed by atoms with Crippen molar-refractivity contribution in [1.29, 1.82) is 0 Å². The van der Waals surface area contributed by atoms with Gasteiger partial charge in [0, 0.05) is 16.5 Å². The third kappa shape index (κ3) is 4.07. The Bertz CT molecular complexity index is 632. The van der Waals surface area contributed by atoms with Gasteiger partial charge in [-0.05, 0) is 35.2 Å². The van der Waals surface area contributed by atoms with Crippen molar-refractivity contribution in [3.63, 3.8) is 0 Å². The molecule has 0 saturated carbocycles. The molecule has 0 unspecified atom stereocenters. The maximum absolute atomic E-state index is 11.8. The summed E-state index contributed by atoms with van der Waals surface area (Å²) in [6, 6.07) is 10.9. The van der Waals surface area contributed by atoms with Gasteiger partial charge >= 0.3 is 5.97 Å². The van der Waals surface area contributed by atoms with E-state index in [0.717, 1.165) is 16.5 Å². The van der Waals surface area contributed by atoms with Gasteiger partial charge < -0.3 is 10.4 Å². The summed E-state index contributed by atoms with van der Waals surface area (Å²) in [6.07, 6.45) is 2.62. The molecule has 1 heterocycles. The number of amides is 1. The minimum absolute atomic E-state index is 0.123. The molecule has 2 rings (SSSR count). The van der Waals surface area contributed by atoms with Gasteiger partial charge in [0.1, 0.15) is 0 Å². The smallest absolute Gasteiger partial charge is 0.328 e. The molecule has 2 aromatic rings. The Kier molecular flexibility index (Phi) is 4.68. The number of carbonyl (C=O) groups excluding carboxylic acids is 1. The van der Waals surface area contributed by atoms with Gasteiger partial charge in [0.15, 0.2) is 0 Å². The first-order valence-electron chi connectivity index (χ1n) is 5.97. The molecule has 5 heteroatoms. The summed E-state index contributed by atoms with van der Waals surface area (Å²) in [6.45, 7) is 0.430. The first-order valence-corrected chi connectivity index (χ1v) is 6.85. The average molecular weight is 287 g/mol. The second-order valence-electron chi connectivity index (χ2n) is 4.07. The summed E-state index contributed by atoms with van der Waals surface area (Å²) in [7, 11) is 0. The van der Waals surface area contributed by atoms with Crippen molar-refractivity contribution in [3.8, 4) is 0 Å². The SMILES string of the molecule is O=C(O)C=Cc1csc(CNC(=O)c2ccccc2)c1. The molecule has 1 aromatic carbocycles. The molecule has 102 valence electrons. The van der Waals surface area contributed by atoms with Crippen molar-refractivity contribution in [2.24, 2.45) is 0 Å². The van der Waals surface area contributed by atoms with Crippen LogP contribution in [0, 0.1) is 0 Å². The molecule has 4 nitrogen and oxygen atoms in total. The number of carbonyl (C=O) groups is 2. The molecule has 0 aliphatic heterocycles. The summed E-state index contributed by atoms with van der Waals surface area (Å²) in [5, 5.41) is 13.2. The number of thiophene rings is 1. The lowest BCUT2D eigenvalue weighted by Gasteiger charge is -2.02. The normalized spacial score (nSPS) is 10.6. The van der Waals surface area contributed by atoms with Gasteiger partial charge in [0.2, 0.25) is 0 Å². The van der Waals surface area contributed by atoms with E-state index >= 15 is 0 Å². The predicted octanol–water partition coefficient (Wildman–Crippen LogP) is 2.78. The van der Waals surface area contributed by atoms with Gasteiger partial charge in [-0.3, -0.25) is 4.79 Å². The number of hydrogen-bond donors (Lipinski definition) is 2. The number of nitrogens with one attached hydrogen (secondary N) is 1. The van der Waals surface area contributed by atoms with Crippen molar-refractivity contribution in [2.45, 2.75) is 6.54 Å². The highest BCUT2D eigenvalue weighted by molar-refractivity contribution is 7.10. The van der Waals surface area contributed by atoms with Crippen LogP contribution in [0.5, 0.6) is 0 Å². The Morgan fingerprint density at radius 2 is 2.00 bits per heavy atom. The van der Waals surface area contributed by atoms with Crippen molar-refractivity contribution >= 4 is 29.3 Å². The molecule has 0 bridgehead atoms. The molecule has 0 spiro atoms. The molecule has 0 aliphatic carbocycles. The minimum Gasteiger partial charge on any atom is -0.478 e. The molecule has 0 saturated heterocycles. The Labute approximate surface area is 120 Å². The molecule has 0 atom stereocenters. The van der Waals surface area contributed by atoms with Crippen LogP contribution in [0.25, 0.3) is 6.08 Å². The average Bonchev–Trinajstić information content (AvgIpc) is 2.91. The second kappa shape index (κ2) is 6.68. The van der Waals surface area contributed by atoms with Gasteiger partial charge in [-0.1, -0.05) is 18.2 Å². The standard InChI is InChI=1S/C15H13NO3S/c17-14(18)7-6-11-8-13(20-10-11)9-16-15(19)12-4-2-1-3-5-12/h1-8,10H,9H2,(H,16,19)(H,17,18). The van der Waals surface area contributed by atoms with Crippen LogP contribution in [0.4, 0.5) is 0 Å². The summed E-state index contributed by atoms with van der Waals surface area (Å²) in [5.74, 6) is -1.10. The van der Waals surface area contributed by atoms with E-state index in [-0.39, 0.29) is 5.91 Å². The van der Waals surface area contributed by atoms with Gasteiger partial charge in [-0.2, -0.15) is 0 Å². The topological polar surface area (TPSA) is 66.4 Å². The predicted molar refractivity (Wildman–Crippen MR) is 78.6 cm³/mol. The van der Waals surface area contributed by atoms with Crippen molar-refractivity contribution in [3.05, 3.63) is 63.9 Å². The van der Waals surface area contributed by atoms with E-state index in [4.69, 9.17) is 5.11 Å². The molecule has 0 fully saturated rings. The molecule has 1 aromatic heterocycles. The molecular formula is C15H13NO3S. The zero-order valence-electron chi connectivity index (χ0n) is 10.6. The van der Waals surface area contributed by atoms with E-state index in [0.29, 0.717) is 12.1 Å². The second-order valence-corrected chi connectivity index (χ2v) is 5.06. The lowest BCUT2D eigenvalue weighted by molar-refractivity contribution is -0.131. The maximum Gasteiger partial charge on any atom is 0.328 e. The number of rotatable bonds is 5. The first-order chi connectivity index (χ1) is 9.65. The van der Waals surface area contributed by atoms with Crippen LogP contribution >= 0.6 is 11.3 Å². The lowest BCUT2D eigenvalue weighted by atomic mass is 10.2. The van der Waals surface area contributed by atoms with Crippen LogP contribution in [0.3, 0.4) is 0 Å². The van der Waals surface area contributed by atoms with E-state index < -0.39 is 5.97 Å². The van der Waals surface area contributed by atoms with E-state index in [9.17, 15) is 9.59 Å². The fourth-order valence-corrected chi connectivity index (χ4v) is 2.40. The maximum atomic E-state index is 11.8. The van der Waals surface area contributed by atoms with Gasteiger partial charge in [0.25, 0.3) is 5.91 Å². The summed E-state index contributed by atoms with van der Waals surface area (Å²) >= 11 is 1.48. The number of aliphatic carboxylic acids is 1. The van der Waals surface area contributed by atoms with Crippen LogP contribution in [-0.4, -0.2) is 17.0 Å². The van der Waals surface area contributed by atoms with Gasteiger partial charge in [0.05, 0.1) is 6.54 Å². The summed E-state index contributed by atoms with van der Waals surface area (Å²) in [4.78, 5) is 23.2. The van der Waals surface area contributed by atoms with Crippen molar-refractivity contribution in [2.75, 3.05) is 0 Å². The monoisotopic (exact) mass is 287 g/mol. The number of benzene rings is 1. The molecule has 1 amide bonds. The highest BCUT2D eigenvalue weighted by Gasteiger charge is 2.05. The zero-order valence-corrected chi connectivity index (χ0v) is 11.4. The van der Waals surface area contributed by atoms with Crippen LogP contribution in [0.1, 0.15) is 20.8 Å². The third-order valence-electron chi connectivity index (χ3n) is 2.55. The fraction of sp³-hybridized carbons (Fsp3) is 0.0667. The Morgan fingerprint density at radius 3 is 2.70 bits per heavy atom. The van der Waals surface area contributed by atoms with E-state index in [1.807, 2.05) is 29.6 Å².